The minimum atomic E-state index is -0.677. The van der Waals surface area contributed by atoms with E-state index < -0.39 is 11.8 Å². The quantitative estimate of drug-likeness (QED) is 0.536. The molecule has 0 aromatic heterocycles. The summed E-state index contributed by atoms with van der Waals surface area (Å²) in [5.74, 6) is -0.354. The van der Waals surface area contributed by atoms with E-state index in [4.69, 9.17) is 23.7 Å². The average molecular weight is 424 g/mol. The highest BCUT2D eigenvalue weighted by Crippen LogP contribution is 2.29. The molecule has 1 aromatic rings. The molecule has 2 aliphatic rings. The van der Waals surface area contributed by atoms with E-state index in [-0.39, 0.29) is 18.2 Å². The maximum Gasteiger partial charge on any atom is 0.331 e. The SMILES string of the molecule is CCOC(=O)[C@@H]1CSC(COC[C@@H]2OC(C)(C)O[C@H]2COCc2ccccc2)=N1. The van der Waals surface area contributed by atoms with E-state index in [0.717, 1.165) is 10.6 Å². The first kappa shape index (κ1) is 22.2. The van der Waals surface area contributed by atoms with Crippen molar-refractivity contribution in [3.05, 3.63) is 35.9 Å². The zero-order chi connectivity index (χ0) is 20.7. The highest BCUT2D eigenvalue weighted by Gasteiger charge is 2.41. The summed E-state index contributed by atoms with van der Waals surface area (Å²) in [5.41, 5.74) is 1.12. The molecule has 160 valence electrons. The molecule has 0 radical (unpaired) electrons. The van der Waals surface area contributed by atoms with Crippen molar-refractivity contribution in [3.63, 3.8) is 0 Å². The van der Waals surface area contributed by atoms with Gasteiger partial charge in [0.05, 0.1) is 38.1 Å². The van der Waals surface area contributed by atoms with E-state index in [0.29, 0.717) is 38.8 Å². The molecule has 29 heavy (non-hydrogen) atoms. The van der Waals surface area contributed by atoms with Crippen molar-refractivity contribution in [1.29, 1.82) is 0 Å². The first-order valence-electron chi connectivity index (χ1n) is 9.88. The summed E-state index contributed by atoms with van der Waals surface area (Å²) in [6.07, 6.45) is -0.437. The Morgan fingerprint density at radius 1 is 1.14 bits per heavy atom. The van der Waals surface area contributed by atoms with Crippen molar-refractivity contribution in [2.75, 3.05) is 32.2 Å². The number of benzene rings is 1. The number of esters is 1. The Kier molecular flexibility index (Phi) is 8.08. The second-order valence-electron chi connectivity index (χ2n) is 7.33. The Bertz CT molecular complexity index is 696. The minimum absolute atomic E-state index is 0.209. The van der Waals surface area contributed by atoms with Crippen LogP contribution in [0.5, 0.6) is 0 Å². The fourth-order valence-electron chi connectivity index (χ4n) is 3.18. The van der Waals surface area contributed by atoms with Gasteiger partial charge in [-0.3, -0.25) is 4.99 Å². The van der Waals surface area contributed by atoms with E-state index in [9.17, 15) is 4.79 Å². The number of thioether (sulfide) groups is 1. The van der Waals surface area contributed by atoms with Gasteiger partial charge in [0.15, 0.2) is 11.8 Å². The summed E-state index contributed by atoms with van der Waals surface area (Å²) in [5, 5.41) is 0.804. The van der Waals surface area contributed by atoms with Crippen LogP contribution in [0.4, 0.5) is 0 Å². The molecule has 0 saturated carbocycles. The van der Waals surface area contributed by atoms with Crippen LogP contribution in [-0.4, -0.2) is 67.2 Å². The molecule has 0 amide bonds. The largest absolute Gasteiger partial charge is 0.464 e. The van der Waals surface area contributed by atoms with Crippen LogP contribution in [0.1, 0.15) is 26.3 Å². The molecule has 1 saturated heterocycles. The molecule has 3 rings (SSSR count). The molecule has 0 spiro atoms. The predicted octanol–water partition coefficient (Wildman–Crippen LogP) is 2.82. The molecule has 2 aliphatic heterocycles. The van der Waals surface area contributed by atoms with Crippen LogP contribution in [-0.2, 0) is 35.1 Å². The molecule has 1 aromatic carbocycles. The van der Waals surface area contributed by atoms with Crippen LogP contribution >= 0.6 is 11.8 Å². The number of aliphatic imine (C=N–C) groups is 1. The monoisotopic (exact) mass is 423 g/mol. The fraction of sp³-hybridized carbons (Fsp3) is 0.619. The van der Waals surface area contributed by atoms with Crippen molar-refractivity contribution >= 4 is 22.8 Å². The topological polar surface area (TPSA) is 75.6 Å². The average Bonchev–Trinajstić information content (AvgIpc) is 3.27. The van der Waals surface area contributed by atoms with Crippen molar-refractivity contribution in [2.45, 2.75) is 51.4 Å². The normalized spacial score (nSPS) is 25.8. The van der Waals surface area contributed by atoms with E-state index >= 15 is 0 Å². The maximum atomic E-state index is 11.8. The van der Waals surface area contributed by atoms with Gasteiger partial charge in [0.2, 0.25) is 0 Å². The summed E-state index contributed by atoms with van der Waals surface area (Å²) in [4.78, 5) is 16.1. The Hall–Kier alpha value is -1.45. The first-order valence-corrected chi connectivity index (χ1v) is 10.9. The van der Waals surface area contributed by atoms with Crippen LogP contribution in [0.3, 0.4) is 0 Å². The number of carbonyl (C=O) groups excluding carboxylic acids is 1. The van der Waals surface area contributed by atoms with E-state index in [1.165, 1.54) is 11.8 Å². The number of hydrogen-bond donors (Lipinski definition) is 0. The first-order chi connectivity index (χ1) is 14.0. The van der Waals surface area contributed by atoms with Gasteiger partial charge in [-0.25, -0.2) is 4.79 Å². The van der Waals surface area contributed by atoms with Crippen LogP contribution in [0, 0.1) is 0 Å². The smallest absolute Gasteiger partial charge is 0.331 e. The second-order valence-corrected chi connectivity index (χ2v) is 8.42. The predicted molar refractivity (Wildman–Crippen MR) is 111 cm³/mol. The fourth-order valence-corrected chi connectivity index (χ4v) is 4.11. The number of nitrogens with zero attached hydrogens (tertiary/aromatic N) is 1. The molecule has 0 bridgehead atoms. The third kappa shape index (κ3) is 6.79. The lowest BCUT2D eigenvalue weighted by molar-refractivity contribution is -0.154. The molecule has 2 heterocycles. The van der Waals surface area contributed by atoms with Crippen LogP contribution < -0.4 is 0 Å². The van der Waals surface area contributed by atoms with Crippen molar-refractivity contribution in [3.8, 4) is 0 Å². The minimum Gasteiger partial charge on any atom is -0.464 e. The van der Waals surface area contributed by atoms with Crippen LogP contribution in [0.25, 0.3) is 0 Å². The summed E-state index contributed by atoms with van der Waals surface area (Å²) in [6.45, 7) is 7.59. The standard InChI is InChI=1S/C21H29NO6S/c1-4-26-20(23)16-14-29-19(22-16)13-25-12-18-17(27-21(2,3)28-18)11-24-10-15-8-6-5-7-9-15/h5-9,16-18H,4,10-14H2,1-3H3/t16-,17-,18-/m0/s1. The summed E-state index contributed by atoms with van der Waals surface area (Å²) < 4.78 is 28.6. The molecule has 0 unspecified atom stereocenters. The van der Waals surface area contributed by atoms with Crippen molar-refractivity contribution < 1.29 is 28.5 Å². The lowest BCUT2D eigenvalue weighted by Crippen LogP contribution is -2.32. The molecular weight excluding hydrogens is 394 g/mol. The van der Waals surface area contributed by atoms with Gasteiger partial charge in [-0.05, 0) is 26.3 Å². The number of carbonyl (C=O) groups is 1. The van der Waals surface area contributed by atoms with Crippen LogP contribution in [0.15, 0.2) is 35.3 Å². The van der Waals surface area contributed by atoms with Crippen molar-refractivity contribution in [2.24, 2.45) is 4.99 Å². The van der Waals surface area contributed by atoms with Crippen LogP contribution in [0.2, 0.25) is 0 Å². The number of rotatable bonds is 10. The van der Waals surface area contributed by atoms with Gasteiger partial charge in [-0.2, -0.15) is 0 Å². The molecule has 3 atom stereocenters. The lowest BCUT2D eigenvalue weighted by Gasteiger charge is -2.17. The van der Waals surface area contributed by atoms with E-state index in [2.05, 4.69) is 4.99 Å². The zero-order valence-corrected chi connectivity index (χ0v) is 18.0. The molecule has 0 N–H and O–H groups in total. The molecular formula is C21H29NO6S. The van der Waals surface area contributed by atoms with E-state index in [1.807, 2.05) is 44.2 Å². The molecule has 1 fully saturated rings. The van der Waals surface area contributed by atoms with Gasteiger partial charge in [-0.1, -0.05) is 30.3 Å². The molecule has 0 aliphatic carbocycles. The van der Waals surface area contributed by atoms with E-state index in [1.54, 1.807) is 6.92 Å². The van der Waals surface area contributed by atoms with Crippen molar-refractivity contribution in [1.82, 2.24) is 0 Å². The lowest BCUT2D eigenvalue weighted by atomic mass is 10.2. The van der Waals surface area contributed by atoms with Gasteiger partial charge >= 0.3 is 5.97 Å². The molecule has 7 nitrogen and oxygen atoms in total. The highest BCUT2D eigenvalue weighted by atomic mass is 32.2. The third-order valence-electron chi connectivity index (χ3n) is 4.45. The number of ether oxygens (including phenoxy) is 5. The maximum absolute atomic E-state index is 11.8. The Morgan fingerprint density at radius 3 is 2.45 bits per heavy atom. The number of hydrogen-bond acceptors (Lipinski definition) is 8. The van der Waals surface area contributed by atoms with Gasteiger partial charge in [0.25, 0.3) is 0 Å². The summed E-state index contributed by atoms with van der Waals surface area (Å²) >= 11 is 1.53. The zero-order valence-electron chi connectivity index (χ0n) is 17.2. The Labute approximate surface area is 176 Å². The Balaban J connectivity index is 1.43. The van der Waals surface area contributed by atoms with Gasteiger partial charge < -0.3 is 23.7 Å². The molecule has 8 heteroatoms. The Morgan fingerprint density at radius 2 is 1.79 bits per heavy atom. The summed E-state index contributed by atoms with van der Waals surface area (Å²) in [7, 11) is 0. The second kappa shape index (κ2) is 10.5. The summed E-state index contributed by atoms with van der Waals surface area (Å²) in [6, 6.07) is 9.59. The third-order valence-corrected chi connectivity index (χ3v) is 5.49. The highest BCUT2D eigenvalue weighted by molar-refractivity contribution is 8.14. The van der Waals surface area contributed by atoms with Gasteiger partial charge in [0, 0.05) is 5.75 Å². The van der Waals surface area contributed by atoms with Gasteiger partial charge in [0.1, 0.15) is 12.2 Å². The van der Waals surface area contributed by atoms with Gasteiger partial charge in [-0.15, -0.1) is 11.8 Å².